The normalized spacial score (nSPS) is 12.8. The van der Waals surface area contributed by atoms with Crippen molar-refractivity contribution in [2.24, 2.45) is 5.92 Å². The molecule has 1 aromatic rings. The average molecular weight is 338 g/mol. The van der Waals surface area contributed by atoms with Crippen molar-refractivity contribution in [3.8, 4) is 0 Å². The maximum atomic E-state index is 13.9. The Morgan fingerprint density at radius 3 is 2.50 bits per heavy atom. The van der Waals surface area contributed by atoms with Crippen molar-refractivity contribution in [1.82, 2.24) is 0 Å². The van der Waals surface area contributed by atoms with Crippen LogP contribution in [-0.2, 0) is 0 Å². The molecule has 0 fully saturated rings. The Morgan fingerprint density at radius 2 is 2.00 bits per heavy atom. The van der Waals surface area contributed by atoms with Gasteiger partial charge in [0.05, 0.1) is 10.6 Å². The standard InChI is InChI=1S/C13H15BrClFO2/c1-3-7(4-2)12(17)13(18)8-5-6-9(14)10(15)11(8)16/h5-7,12,17H,3-4H2,1-2H3. The largest absolute Gasteiger partial charge is 0.385 e. The number of carbonyl (C=O) groups excluding carboxylic acids is 1. The lowest BCUT2D eigenvalue weighted by Gasteiger charge is -2.19. The molecule has 1 aromatic carbocycles. The van der Waals surface area contributed by atoms with Crippen molar-refractivity contribution < 1.29 is 14.3 Å². The maximum absolute atomic E-state index is 13.9. The molecule has 0 aliphatic carbocycles. The summed E-state index contributed by atoms with van der Waals surface area (Å²) in [5.74, 6) is -1.57. The Kier molecular flexibility index (Phi) is 5.76. The molecule has 0 amide bonds. The first kappa shape index (κ1) is 15.6. The van der Waals surface area contributed by atoms with Crippen molar-refractivity contribution in [2.75, 3.05) is 0 Å². The average Bonchev–Trinajstić information content (AvgIpc) is 2.36. The fraction of sp³-hybridized carbons (Fsp3) is 0.462. The molecular formula is C13H15BrClFO2. The first-order chi connectivity index (χ1) is 8.43. The SMILES string of the molecule is CCC(CC)C(O)C(=O)c1ccc(Br)c(Cl)c1F. The van der Waals surface area contributed by atoms with Gasteiger partial charge in [-0.2, -0.15) is 0 Å². The molecule has 5 heteroatoms. The summed E-state index contributed by atoms with van der Waals surface area (Å²) in [6, 6.07) is 2.83. The van der Waals surface area contributed by atoms with Crippen LogP contribution in [0.15, 0.2) is 16.6 Å². The van der Waals surface area contributed by atoms with Crippen LogP contribution >= 0.6 is 27.5 Å². The summed E-state index contributed by atoms with van der Waals surface area (Å²) in [6.45, 7) is 3.77. The lowest BCUT2D eigenvalue weighted by atomic mass is 9.91. The molecule has 1 rings (SSSR count). The number of hydrogen-bond donors (Lipinski definition) is 1. The van der Waals surface area contributed by atoms with Crippen LogP contribution in [0.5, 0.6) is 0 Å². The Morgan fingerprint density at radius 1 is 1.44 bits per heavy atom. The topological polar surface area (TPSA) is 37.3 Å². The molecule has 0 saturated carbocycles. The van der Waals surface area contributed by atoms with E-state index in [9.17, 15) is 14.3 Å². The van der Waals surface area contributed by atoms with Crippen LogP contribution in [-0.4, -0.2) is 17.0 Å². The zero-order valence-electron chi connectivity index (χ0n) is 10.2. The van der Waals surface area contributed by atoms with E-state index in [1.165, 1.54) is 12.1 Å². The Bertz CT molecular complexity index is 447. The van der Waals surface area contributed by atoms with E-state index in [1.807, 2.05) is 13.8 Å². The molecule has 0 aliphatic heterocycles. The van der Waals surface area contributed by atoms with Gasteiger partial charge in [0.2, 0.25) is 0 Å². The number of ketones is 1. The minimum Gasteiger partial charge on any atom is -0.385 e. The van der Waals surface area contributed by atoms with Gasteiger partial charge in [-0.1, -0.05) is 38.3 Å². The molecule has 0 radical (unpaired) electrons. The van der Waals surface area contributed by atoms with E-state index in [4.69, 9.17) is 11.6 Å². The molecule has 0 heterocycles. The molecule has 1 N–H and O–H groups in total. The zero-order chi connectivity index (χ0) is 13.9. The van der Waals surface area contributed by atoms with Crippen molar-refractivity contribution in [2.45, 2.75) is 32.8 Å². The van der Waals surface area contributed by atoms with Crippen molar-refractivity contribution in [3.05, 3.63) is 33.0 Å². The second-order valence-corrected chi connectivity index (χ2v) is 5.34. The van der Waals surface area contributed by atoms with E-state index in [0.29, 0.717) is 17.3 Å². The Balaban J connectivity index is 3.08. The Hall–Kier alpha value is -0.450. The molecule has 0 aliphatic rings. The summed E-state index contributed by atoms with van der Waals surface area (Å²) in [5.41, 5.74) is -0.164. The highest BCUT2D eigenvalue weighted by atomic mass is 79.9. The van der Waals surface area contributed by atoms with Crippen LogP contribution in [0, 0.1) is 11.7 Å². The number of carbonyl (C=O) groups is 1. The summed E-state index contributed by atoms with van der Waals surface area (Å²) >= 11 is 8.80. The van der Waals surface area contributed by atoms with Gasteiger partial charge in [0.1, 0.15) is 6.10 Å². The van der Waals surface area contributed by atoms with Gasteiger partial charge in [-0.15, -0.1) is 0 Å². The third-order valence-electron chi connectivity index (χ3n) is 3.06. The van der Waals surface area contributed by atoms with Gasteiger partial charge in [0, 0.05) is 4.47 Å². The summed E-state index contributed by atoms with van der Waals surface area (Å²) in [5, 5.41) is 9.80. The number of aliphatic hydroxyl groups excluding tert-OH is 1. The van der Waals surface area contributed by atoms with E-state index in [2.05, 4.69) is 15.9 Å². The number of rotatable bonds is 5. The van der Waals surface area contributed by atoms with Crippen molar-refractivity contribution >= 4 is 33.3 Å². The predicted octanol–water partition coefficient (Wildman–Crippen LogP) is 4.22. The van der Waals surface area contributed by atoms with E-state index in [0.717, 1.165) is 0 Å². The summed E-state index contributed by atoms with van der Waals surface area (Å²) in [4.78, 5) is 12.0. The molecule has 0 saturated heterocycles. The molecule has 2 nitrogen and oxygen atoms in total. The molecule has 18 heavy (non-hydrogen) atoms. The summed E-state index contributed by atoms with van der Waals surface area (Å²) in [6.07, 6.45) is 0.136. The number of halogens is 3. The highest BCUT2D eigenvalue weighted by Crippen LogP contribution is 2.29. The van der Waals surface area contributed by atoms with Gasteiger partial charge < -0.3 is 5.11 Å². The monoisotopic (exact) mass is 336 g/mol. The van der Waals surface area contributed by atoms with Gasteiger partial charge in [0.15, 0.2) is 11.6 Å². The van der Waals surface area contributed by atoms with E-state index < -0.39 is 17.7 Å². The van der Waals surface area contributed by atoms with Crippen LogP contribution in [0.1, 0.15) is 37.0 Å². The number of aliphatic hydroxyl groups is 1. The first-order valence-corrected chi connectivity index (χ1v) is 6.96. The molecule has 0 bridgehead atoms. The van der Waals surface area contributed by atoms with Crippen LogP contribution in [0.3, 0.4) is 0 Å². The zero-order valence-corrected chi connectivity index (χ0v) is 12.6. The molecule has 0 spiro atoms. The van der Waals surface area contributed by atoms with E-state index in [1.54, 1.807) is 0 Å². The smallest absolute Gasteiger partial charge is 0.194 e. The van der Waals surface area contributed by atoms with Crippen molar-refractivity contribution in [3.63, 3.8) is 0 Å². The van der Waals surface area contributed by atoms with Gasteiger partial charge in [-0.25, -0.2) is 4.39 Å². The number of Topliss-reactive ketones (excluding diaryl/α,β-unsaturated/α-hetero) is 1. The van der Waals surface area contributed by atoms with Crippen LogP contribution in [0.4, 0.5) is 4.39 Å². The molecule has 0 aromatic heterocycles. The summed E-state index contributed by atoms with van der Waals surface area (Å²) in [7, 11) is 0. The van der Waals surface area contributed by atoms with Gasteiger partial charge in [0.25, 0.3) is 0 Å². The molecular weight excluding hydrogens is 322 g/mol. The minimum absolute atomic E-state index is 0.141. The molecule has 1 atom stereocenters. The molecule has 1 unspecified atom stereocenters. The Labute approximate surface area is 119 Å². The third kappa shape index (κ3) is 3.11. The highest BCUT2D eigenvalue weighted by Gasteiger charge is 2.27. The number of hydrogen-bond acceptors (Lipinski definition) is 2. The minimum atomic E-state index is -1.19. The van der Waals surface area contributed by atoms with Gasteiger partial charge >= 0.3 is 0 Å². The van der Waals surface area contributed by atoms with Crippen LogP contribution < -0.4 is 0 Å². The first-order valence-electron chi connectivity index (χ1n) is 5.79. The lowest BCUT2D eigenvalue weighted by Crippen LogP contribution is -2.29. The highest BCUT2D eigenvalue weighted by molar-refractivity contribution is 9.10. The molecule has 100 valence electrons. The third-order valence-corrected chi connectivity index (χ3v) is 4.32. The van der Waals surface area contributed by atoms with E-state index >= 15 is 0 Å². The van der Waals surface area contributed by atoms with Gasteiger partial charge in [-0.3, -0.25) is 4.79 Å². The summed E-state index contributed by atoms with van der Waals surface area (Å²) < 4.78 is 14.2. The fourth-order valence-electron chi connectivity index (χ4n) is 1.82. The fourth-order valence-corrected chi connectivity index (χ4v) is 2.30. The second-order valence-electron chi connectivity index (χ2n) is 4.11. The quantitative estimate of drug-likeness (QED) is 0.645. The predicted molar refractivity (Wildman–Crippen MR) is 73.5 cm³/mol. The maximum Gasteiger partial charge on any atom is 0.194 e. The lowest BCUT2D eigenvalue weighted by molar-refractivity contribution is 0.0584. The van der Waals surface area contributed by atoms with Crippen LogP contribution in [0.25, 0.3) is 0 Å². The van der Waals surface area contributed by atoms with Crippen molar-refractivity contribution in [1.29, 1.82) is 0 Å². The van der Waals surface area contributed by atoms with E-state index in [-0.39, 0.29) is 16.5 Å². The number of benzene rings is 1. The van der Waals surface area contributed by atoms with Crippen LogP contribution in [0.2, 0.25) is 5.02 Å². The second kappa shape index (κ2) is 6.64. The van der Waals surface area contributed by atoms with Gasteiger partial charge in [-0.05, 0) is 34.0 Å².